The molecule has 33 heavy (non-hydrogen) atoms. The summed E-state index contributed by atoms with van der Waals surface area (Å²) in [4.78, 5) is 11.8. The van der Waals surface area contributed by atoms with E-state index < -0.39 is 0 Å². The third-order valence-corrected chi connectivity index (χ3v) is 7.08. The van der Waals surface area contributed by atoms with Crippen molar-refractivity contribution < 1.29 is 4.79 Å². The molecule has 0 heterocycles. The molecule has 0 saturated carbocycles. The Balaban J connectivity index is 1.37. The van der Waals surface area contributed by atoms with E-state index in [0.717, 1.165) is 19.4 Å². The van der Waals surface area contributed by atoms with Gasteiger partial charge in [-0.3, -0.25) is 4.79 Å². The number of nitrogens with one attached hydrogen (secondary N) is 1. The summed E-state index contributed by atoms with van der Waals surface area (Å²) in [6, 6.07) is 32.0. The van der Waals surface area contributed by atoms with Crippen molar-refractivity contribution in [1.82, 2.24) is 5.32 Å². The molecule has 1 amide bonds. The molecule has 3 heteroatoms. The molecule has 4 aromatic carbocycles. The number of fused-ring (bicyclic) bond motifs is 2. The van der Waals surface area contributed by atoms with Crippen LogP contribution in [0.1, 0.15) is 57.9 Å². The van der Waals surface area contributed by atoms with Gasteiger partial charge in [0.15, 0.2) is 0 Å². The van der Waals surface area contributed by atoms with Gasteiger partial charge in [-0.05, 0) is 77.4 Å². The van der Waals surface area contributed by atoms with E-state index in [1.165, 1.54) is 33.0 Å². The number of carbonyl (C=O) groups is 1. The van der Waals surface area contributed by atoms with E-state index in [1.54, 1.807) is 6.07 Å². The molecule has 3 N–H and O–H groups in total. The van der Waals surface area contributed by atoms with E-state index >= 15 is 0 Å². The molecule has 0 saturated heterocycles. The number of benzene rings is 4. The zero-order valence-corrected chi connectivity index (χ0v) is 19.0. The van der Waals surface area contributed by atoms with Crippen molar-refractivity contribution in [3.63, 3.8) is 0 Å². The number of carbonyl (C=O) groups excluding carboxylic acids is 1. The van der Waals surface area contributed by atoms with Gasteiger partial charge in [0, 0.05) is 17.5 Å². The third kappa shape index (κ3) is 4.42. The summed E-state index contributed by atoms with van der Waals surface area (Å²) < 4.78 is 0. The summed E-state index contributed by atoms with van der Waals surface area (Å²) in [6.07, 6.45) is 2.12. The van der Waals surface area contributed by atoms with Crippen molar-refractivity contribution in [2.45, 2.75) is 31.7 Å². The van der Waals surface area contributed by atoms with Gasteiger partial charge in [-0.25, -0.2) is 0 Å². The van der Waals surface area contributed by atoms with Crippen LogP contribution in [0.4, 0.5) is 0 Å². The number of rotatable bonds is 6. The average Bonchev–Trinajstić information content (AvgIpc) is 2.86. The van der Waals surface area contributed by atoms with Gasteiger partial charge in [-0.15, -0.1) is 0 Å². The van der Waals surface area contributed by atoms with Crippen LogP contribution in [0.3, 0.4) is 0 Å². The topological polar surface area (TPSA) is 55.1 Å². The van der Waals surface area contributed by atoms with Gasteiger partial charge in [0.2, 0.25) is 5.91 Å². The Morgan fingerprint density at radius 1 is 0.970 bits per heavy atom. The normalized spacial score (nSPS) is 18.6. The summed E-state index contributed by atoms with van der Waals surface area (Å²) in [5.74, 6) is 0.413. The van der Waals surface area contributed by atoms with E-state index in [9.17, 15) is 4.79 Å². The summed E-state index contributed by atoms with van der Waals surface area (Å²) in [6.45, 7) is 3.21. The quantitative estimate of drug-likeness (QED) is 0.392. The molecule has 1 aliphatic rings. The smallest absolute Gasteiger partial charge is 0.248 e. The second-order valence-electron chi connectivity index (χ2n) is 9.25. The monoisotopic (exact) mass is 434 g/mol. The summed E-state index contributed by atoms with van der Waals surface area (Å²) in [5, 5.41) is 6.42. The summed E-state index contributed by atoms with van der Waals surface area (Å²) in [7, 11) is 0. The average molecular weight is 435 g/mol. The molecule has 0 aromatic heterocycles. The van der Waals surface area contributed by atoms with Crippen LogP contribution in [0, 0.1) is 5.92 Å². The zero-order chi connectivity index (χ0) is 22.8. The highest BCUT2D eigenvalue weighted by atomic mass is 16.1. The lowest BCUT2D eigenvalue weighted by atomic mass is 9.73. The highest BCUT2D eigenvalue weighted by Gasteiger charge is 2.28. The SMILES string of the molecule is C[C@@H](NCC1Cc2ccccc2C(c2cccc(C(N)=O)c2)C1)c1cccc2ccccc12. The molecule has 0 radical (unpaired) electrons. The van der Waals surface area contributed by atoms with Gasteiger partial charge in [0.05, 0.1) is 0 Å². The van der Waals surface area contributed by atoms with Crippen LogP contribution in [-0.2, 0) is 6.42 Å². The van der Waals surface area contributed by atoms with Crippen molar-refractivity contribution in [3.05, 3.63) is 119 Å². The zero-order valence-electron chi connectivity index (χ0n) is 19.0. The van der Waals surface area contributed by atoms with E-state index in [2.05, 4.69) is 85.0 Å². The molecule has 0 fully saturated rings. The lowest BCUT2D eigenvalue weighted by molar-refractivity contribution is 0.1000. The number of amides is 1. The summed E-state index contributed by atoms with van der Waals surface area (Å²) in [5.41, 5.74) is 11.4. The Morgan fingerprint density at radius 3 is 2.61 bits per heavy atom. The summed E-state index contributed by atoms with van der Waals surface area (Å²) >= 11 is 0. The predicted octanol–water partition coefficient (Wildman–Crippen LogP) is 5.98. The minimum absolute atomic E-state index is 0.268. The second kappa shape index (κ2) is 9.21. The fraction of sp³-hybridized carbons (Fsp3) is 0.233. The van der Waals surface area contributed by atoms with Crippen molar-refractivity contribution in [2.75, 3.05) is 6.54 Å². The molecule has 0 aliphatic heterocycles. The van der Waals surface area contributed by atoms with Crippen molar-refractivity contribution >= 4 is 16.7 Å². The molecular formula is C30H30N2O. The molecule has 4 aromatic rings. The molecule has 166 valence electrons. The number of hydrogen-bond acceptors (Lipinski definition) is 2. The van der Waals surface area contributed by atoms with E-state index in [-0.39, 0.29) is 17.9 Å². The molecular weight excluding hydrogens is 404 g/mol. The van der Waals surface area contributed by atoms with Crippen molar-refractivity contribution in [2.24, 2.45) is 11.7 Å². The van der Waals surface area contributed by atoms with Crippen molar-refractivity contribution in [3.8, 4) is 0 Å². The molecule has 2 unspecified atom stereocenters. The molecule has 3 atom stereocenters. The largest absolute Gasteiger partial charge is 0.366 e. The molecule has 0 bridgehead atoms. The van der Waals surface area contributed by atoms with E-state index in [0.29, 0.717) is 11.5 Å². The lowest BCUT2D eigenvalue weighted by Crippen LogP contribution is -2.31. The Labute approximate surface area is 195 Å². The van der Waals surface area contributed by atoms with Crippen LogP contribution < -0.4 is 11.1 Å². The molecule has 0 spiro atoms. The number of primary amides is 1. The van der Waals surface area contributed by atoms with Crippen LogP contribution in [0.15, 0.2) is 91.0 Å². The van der Waals surface area contributed by atoms with Crippen LogP contribution >= 0.6 is 0 Å². The van der Waals surface area contributed by atoms with Crippen LogP contribution in [0.5, 0.6) is 0 Å². The third-order valence-electron chi connectivity index (χ3n) is 7.08. The minimum Gasteiger partial charge on any atom is -0.366 e. The van der Waals surface area contributed by atoms with Crippen LogP contribution in [0.2, 0.25) is 0 Å². The van der Waals surface area contributed by atoms with Crippen molar-refractivity contribution in [1.29, 1.82) is 0 Å². The number of nitrogens with two attached hydrogens (primary N) is 1. The van der Waals surface area contributed by atoms with Gasteiger partial charge in [0.1, 0.15) is 0 Å². The first-order chi connectivity index (χ1) is 16.1. The number of hydrogen-bond donors (Lipinski definition) is 2. The van der Waals surface area contributed by atoms with Gasteiger partial charge in [-0.1, -0.05) is 78.9 Å². The Hall–Kier alpha value is -3.43. The highest BCUT2D eigenvalue weighted by Crippen LogP contribution is 2.39. The van der Waals surface area contributed by atoms with Gasteiger partial charge < -0.3 is 11.1 Å². The van der Waals surface area contributed by atoms with Crippen LogP contribution in [0.25, 0.3) is 10.8 Å². The lowest BCUT2D eigenvalue weighted by Gasteiger charge is -2.33. The Kier molecular flexibility index (Phi) is 5.97. The van der Waals surface area contributed by atoms with Gasteiger partial charge in [0.25, 0.3) is 0 Å². The standard InChI is InChI=1S/C30H30N2O/c1-20(26-15-7-10-22-8-2-4-13-27(22)26)32-19-21-16-23-9-3-5-14-28(23)29(17-21)24-11-6-12-25(18-24)30(31)33/h2-15,18,20-21,29,32H,16-17,19H2,1H3,(H2,31,33)/t20-,21?,29?/m1/s1. The first-order valence-corrected chi connectivity index (χ1v) is 11.8. The maximum atomic E-state index is 11.8. The first-order valence-electron chi connectivity index (χ1n) is 11.8. The Bertz CT molecular complexity index is 1290. The first kappa shape index (κ1) is 21.4. The van der Waals surface area contributed by atoms with E-state index in [1.807, 2.05) is 12.1 Å². The Morgan fingerprint density at radius 2 is 1.73 bits per heavy atom. The molecule has 5 rings (SSSR count). The predicted molar refractivity (Wildman–Crippen MR) is 135 cm³/mol. The van der Waals surface area contributed by atoms with Gasteiger partial charge in [-0.2, -0.15) is 0 Å². The molecule has 3 nitrogen and oxygen atoms in total. The second-order valence-corrected chi connectivity index (χ2v) is 9.25. The fourth-order valence-electron chi connectivity index (χ4n) is 5.38. The van der Waals surface area contributed by atoms with Gasteiger partial charge >= 0.3 is 0 Å². The fourth-order valence-corrected chi connectivity index (χ4v) is 5.38. The van der Waals surface area contributed by atoms with E-state index in [4.69, 9.17) is 5.73 Å². The highest BCUT2D eigenvalue weighted by molar-refractivity contribution is 5.93. The minimum atomic E-state index is -0.372. The maximum Gasteiger partial charge on any atom is 0.248 e. The van der Waals surface area contributed by atoms with Crippen LogP contribution in [-0.4, -0.2) is 12.5 Å². The maximum absolute atomic E-state index is 11.8. The molecule has 1 aliphatic carbocycles.